The second kappa shape index (κ2) is 8.36. The normalized spacial score (nSPS) is 24.2. The standard InChI is InChI=1S/C24H25N5O3/c1-23(2,3)32-16-7-5-15(6-8-16)20-17(11-25)21(28)24(13-26,14-27)19-9-10-29(12-18(19)20)22(30)31-4/h5-9,17-18,20,28H,10,12H2,1-4H3/t17?,18-,20-/m0/s1. The van der Waals surface area contributed by atoms with E-state index in [-0.39, 0.29) is 24.4 Å². The van der Waals surface area contributed by atoms with Crippen molar-refractivity contribution in [1.29, 1.82) is 21.2 Å². The van der Waals surface area contributed by atoms with E-state index < -0.39 is 29.3 Å². The van der Waals surface area contributed by atoms with Crippen molar-refractivity contribution in [2.75, 3.05) is 20.2 Å². The lowest BCUT2D eigenvalue weighted by Gasteiger charge is -2.47. The van der Waals surface area contributed by atoms with Gasteiger partial charge in [0.05, 0.1) is 36.9 Å². The molecule has 1 aliphatic heterocycles. The van der Waals surface area contributed by atoms with Gasteiger partial charge in [-0.3, -0.25) is 0 Å². The number of fused-ring (bicyclic) bond motifs is 1. The molecule has 1 aromatic rings. The summed E-state index contributed by atoms with van der Waals surface area (Å²) in [6, 6.07) is 13.4. The SMILES string of the molecule is COC(=O)N1CC=C2[C@H](C1)[C@@H](c1ccc(OC(C)(C)C)cc1)C(C#N)C(=N)C2(C#N)C#N. The molecule has 0 radical (unpaired) electrons. The van der Waals surface area contributed by atoms with Gasteiger partial charge in [-0.1, -0.05) is 18.2 Å². The summed E-state index contributed by atoms with van der Waals surface area (Å²) in [6.45, 7) is 6.18. The summed E-state index contributed by atoms with van der Waals surface area (Å²) < 4.78 is 10.7. The first kappa shape index (κ1) is 22.8. The van der Waals surface area contributed by atoms with E-state index in [1.165, 1.54) is 12.0 Å². The van der Waals surface area contributed by atoms with Gasteiger partial charge in [-0.15, -0.1) is 0 Å². The van der Waals surface area contributed by atoms with Crippen molar-refractivity contribution in [1.82, 2.24) is 4.90 Å². The maximum absolute atomic E-state index is 12.2. The predicted molar refractivity (Wildman–Crippen MR) is 116 cm³/mol. The molecular weight excluding hydrogens is 406 g/mol. The molecule has 8 heteroatoms. The Hall–Kier alpha value is -3.83. The van der Waals surface area contributed by atoms with Crippen LogP contribution in [0.3, 0.4) is 0 Å². The molecule has 0 saturated heterocycles. The highest BCUT2D eigenvalue weighted by atomic mass is 16.5. The summed E-state index contributed by atoms with van der Waals surface area (Å²) in [5, 5.41) is 38.4. The molecule has 0 spiro atoms. The maximum atomic E-state index is 12.2. The van der Waals surface area contributed by atoms with Gasteiger partial charge in [-0.25, -0.2) is 4.79 Å². The van der Waals surface area contributed by atoms with Crippen LogP contribution in [0.4, 0.5) is 4.79 Å². The fourth-order valence-electron chi connectivity index (χ4n) is 4.54. The van der Waals surface area contributed by atoms with E-state index in [1.54, 1.807) is 18.2 Å². The van der Waals surface area contributed by atoms with Gasteiger partial charge < -0.3 is 19.8 Å². The number of hydrogen-bond acceptors (Lipinski definition) is 7. The van der Waals surface area contributed by atoms with E-state index in [1.807, 2.05) is 45.0 Å². The number of carbonyl (C=O) groups excluding carboxylic acids is 1. The lowest BCUT2D eigenvalue weighted by molar-refractivity contribution is 0.115. The number of benzene rings is 1. The van der Waals surface area contributed by atoms with Gasteiger partial charge in [0.15, 0.2) is 0 Å². The highest BCUT2D eigenvalue weighted by Crippen LogP contribution is 2.52. The van der Waals surface area contributed by atoms with Crippen LogP contribution in [-0.4, -0.2) is 42.5 Å². The first-order chi connectivity index (χ1) is 15.1. The first-order valence-electron chi connectivity index (χ1n) is 10.2. The number of nitriles is 3. The molecule has 8 nitrogen and oxygen atoms in total. The highest BCUT2D eigenvalue weighted by molar-refractivity contribution is 6.01. The average molecular weight is 431 g/mol. The lowest BCUT2D eigenvalue weighted by atomic mass is 9.55. The maximum Gasteiger partial charge on any atom is 0.409 e. The van der Waals surface area contributed by atoms with Crippen LogP contribution in [0.25, 0.3) is 0 Å². The minimum atomic E-state index is -1.82. The average Bonchev–Trinajstić information content (AvgIpc) is 2.77. The topological polar surface area (TPSA) is 134 Å². The Labute approximate surface area is 187 Å². The van der Waals surface area contributed by atoms with Crippen LogP contribution in [0.5, 0.6) is 5.75 Å². The molecule has 3 atom stereocenters. The van der Waals surface area contributed by atoms with Crippen LogP contribution in [-0.2, 0) is 4.74 Å². The quantitative estimate of drug-likeness (QED) is 0.708. The zero-order valence-electron chi connectivity index (χ0n) is 18.5. The Kier molecular flexibility index (Phi) is 5.97. The summed E-state index contributed by atoms with van der Waals surface area (Å²) in [7, 11) is 1.29. The van der Waals surface area contributed by atoms with Crippen LogP contribution in [0.15, 0.2) is 35.9 Å². The largest absolute Gasteiger partial charge is 0.488 e. The molecule has 2 aliphatic rings. The first-order valence-corrected chi connectivity index (χ1v) is 10.2. The molecule has 1 N–H and O–H groups in total. The second-order valence-electron chi connectivity index (χ2n) is 8.94. The van der Waals surface area contributed by atoms with Gasteiger partial charge in [0, 0.05) is 24.9 Å². The molecule has 1 amide bonds. The summed E-state index contributed by atoms with van der Waals surface area (Å²) in [6.07, 6.45) is 1.13. The number of nitrogens with one attached hydrogen (secondary N) is 1. The monoisotopic (exact) mass is 431 g/mol. The van der Waals surface area contributed by atoms with Crippen molar-refractivity contribution in [3.05, 3.63) is 41.5 Å². The van der Waals surface area contributed by atoms with Crippen LogP contribution < -0.4 is 4.74 Å². The molecule has 0 aromatic heterocycles. The third-order valence-corrected chi connectivity index (χ3v) is 5.89. The Morgan fingerprint density at radius 1 is 1.19 bits per heavy atom. The molecule has 0 bridgehead atoms. The van der Waals surface area contributed by atoms with Crippen molar-refractivity contribution in [2.24, 2.45) is 17.3 Å². The Morgan fingerprint density at radius 3 is 2.31 bits per heavy atom. The molecule has 164 valence electrons. The van der Waals surface area contributed by atoms with E-state index >= 15 is 0 Å². The summed E-state index contributed by atoms with van der Waals surface area (Å²) in [4.78, 5) is 13.7. The number of rotatable bonds is 2. The van der Waals surface area contributed by atoms with Gasteiger partial charge >= 0.3 is 6.09 Å². The second-order valence-corrected chi connectivity index (χ2v) is 8.94. The molecule has 32 heavy (non-hydrogen) atoms. The van der Waals surface area contributed by atoms with E-state index in [0.29, 0.717) is 11.3 Å². The number of nitrogens with zero attached hydrogens (tertiary/aromatic N) is 4. The van der Waals surface area contributed by atoms with Gasteiger partial charge in [0.2, 0.25) is 5.41 Å². The number of hydrogen-bond donors (Lipinski definition) is 1. The van der Waals surface area contributed by atoms with Crippen molar-refractivity contribution in [3.63, 3.8) is 0 Å². The smallest absolute Gasteiger partial charge is 0.409 e. The van der Waals surface area contributed by atoms with E-state index in [2.05, 4.69) is 6.07 Å². The molecular formula is C24H25N5O3. The zero-order chi connectivity index (χ0) is 23.7. The van der Waals surface area contributed by atoms with Gasteiger partial charge in [-0.2, -0.15) is 15.8 Å². The van der Waals surface area contributed by atoms with Crippen molar-refractivity contribution in [3.8, 4) is 24.0 Å². The Morgan fingerprint density at radius 2 is 1.81 bits per heavy atom. The summed E-state index contributed by atoms with van der Waals surface area (Å²) in [5.74, 6) is -1.33. The van der Waals surface area contributed by atoms with Crippen LogP contribution in [0.2, 0.25) is 0 Å². The van der Waals surface area contributed by atoms with Crippen LogP contribution in [0.1, 0.15) is 32.3 Å². The predicted octanol–water partition coefficient (Wildman–Crippen LogP) is 3.78. The van der Waals surface area contributed by atoms with Crippen molar-refractivity contribution >= 4 is 11.8 Å². The van der Waals surface area contributed by atoms with Crippen molar-refractivity contribution < 1.29 is 14.3 Å². The molecule has 3 rings (SSSR count). The van der Waals surface area contributed by atoms with E-state index in [9.17, 15) is 20.6 Å². The lowest BCUT2D eigenvalue weighted by Crippen LogP contribution is -2.53. The Balaban J connectivity index is 2.11. The summed E-state index contributed by atoms with van der Waals surface area (Å²) >= 11 is 0. The third-order valence-electron chi connectivity index (χ3n) is 5.89. The molecule has 1 aliphatic carbocycles. The highest BCUT2D eigenvalue weighted by Gasteiger charge is 2.56. The molecule has 1 heterocycles. The van der Waals surface area contributed by atoms with Gasteiger partial charge in [-0.05, 0) is 44.0 Å². The minimum Gasteiger partial charge on any atom is -0.488 e. The molecule has 1 aromatic carbocycles. The zero-order valence-corrected chi connectivity index (χ0v) is 18.5. The number of ether oxygens (including phenoxy) is 2. The minimum absolute atomic E-state index is 0.166. The Bertz CT molecular complexity index is 1070. The van der Waals surface area contributed by atoms with Crippen LogP contribution in [0, 0.1) is 56.7 Å². The summed E-state index contributed by atoms with van der Waals surface area (Å²) in [5.41, 5.74) is -1.17. The van der Waals surface area contributed by atoms with Gasteiger partial charge in [0.25, 0.3) is 0 Å². The molecule has 1 unspecified atom stereocenters. The van der Waals surface area contributed by atoms with Gasteiger partial charge in [0.1, 0.15) is 11.4 Å². The van der Waals surface area contributed by atoms with Crippen LogP contribution >= 0.6 is 0 Å². The number of amides is 1. The fourth-order valence-corrected chi connectivity index (χ4v) is 4.54. The third kappa shape index (κ3) is 3.79. The number of carbonyl (C=O) groups is 1. The molecule has 1 fully saturated rings. The van der Waals surface area contributed by atoms with E-state index in [0.717, 1.165) is 5.56 Å². The number of methoxy groups -OCH3 is 1. The molecule has 1 saturated carbocycles. The van der Waals surface area contributed by atoms with E-state index in [4.69, 9.17) is 14.9 Å². The van der Waals surface area contributed by atoms with Crippen molar-refractivity contribution in [2.45, 2.75) is 32.3 Å². The fraction of sp³-hybridized carbons (Fsp3) is 0.458.